The van der Waals surface area contributed by atoms with Crippen LogP contribution in [0.25, 0.3) is 22.3 Å². The highest BCUT2D eigenvalue weighted by molar-refractivity contribution is 14.1. The van der Waals surface area contributed by atoms with E-state index in [1.165, 1.54) is 17.3 Å². The minimum absolute atomic E-state index is 0.0505. The quantitative estimate of drug-likeness (QED) is 0.282. The molecule has 0 aliphatic rings. The number of fused-ring (bicyclic) bond motifs is 1. The van der Waals surface area contributed by atoms with Crippen LogP contribution in [0.4, 0.5) is 0 Å². The second kappa shape index (κ2) is 8.33. The molecule has 0 aliphatic heterocycles. The molecule has 0 N–H and O–H groups in total. The van der Waals surface area contributed by atoms with Crippen molar-refractivity contribution < 1.29 is 9.15 Å². The van der Waals surface area contributed by atoms with Crippen molar-refractivity contribution in [2.75, 3.05) is 11.0 Å². The van der Waals surface area contributed by atoms with Crippen LogP contribution in [0.15, 0.2) is 63.8 Å². The maximum Gasteiger partial charge on any atom is 0.193 e. The molecule has 0 amide bonds. The van der Waals surface area contributed by atoms with Gasteiger partial charge in [-0.3, -0.25) is 4.79 Å². The fourth-order valence-corrected chi connectivity index (χ4v) is 3.07. The van der Waals surface area contributed by atoms with Crippen molar-refractivity contribution in [2.45, 2.75) is 19.3 Å². The third-order valence-electron chi connectivity index (χ3n) is 3.80. The molecule has 3 rings (SSSR count). The molecule has 0 saturated carbocycles. The second-order valence-electron chi connectivity index (χ2n) is 5.60. The zero-order valence-electron chi connectivity index (χ0n) is 13.3. The summed E-state index contributed by atoms with van der Waals surface area (Å²) in [4.78, 5) is 12.4. The van der Waals surface area contributed by atoms with Crippen LogP contribution in [-0.4, -0.2) is 11.0 Å². The Morgan fingerprint density at radius 3 is 2.58 bits per heavy atom. The van der Waals surface area contributed by atoms with Crippen molar-refractivity contribution in [3.63, 3.8) is 0 Å². The van der Waals surface area contributed by atoms with E-state index in [4.69, 9.17) is 9.15 Å². The summed E-state index contributed by atoms with van der Waals surface area (Å²) in [6, 6.07) is 16.6. The topological polar surface area (TPSA) is 39.4 Å². The van der Waals surface area contributed by atoms with Crippen LogP contribution in [0, 0.1) is 0 Å². The summed E-state index contributed by atoms with van der Waals surface area (Å²) < 4.78 is 12.8. The first kappa shape index (κ1) is 17.0. The number of ether oxygens (including phenoxy) is 1. The van der Waals surface area contributed by atoms with Crippen molar-refractivity contribution >= 4 is 33.6 Å². The van der Waals surface area contributed by atoms with E-state index in [2.05, 4.69) is 22.6 Å². The summed E-state index contributed by atoms with van der Waals surface area (Å²) in [7, 11) is 0. The second-order valence-corrected chi connectivity index (χ2v) is 6.68. The molecule has 124 valence electrons. The Morgan fingerprint density at radius 1 is 0.958 bits per heavy atom. The van der Waals surface area contributed by atoms with Gasteiger partial charge in [0.15, 0.2) is 5.43 Å². The zero-order valence-corrected chi connectivity index (χ0v) is 15.5. The molecule has 0 fully saturated rings. The lowest BCUT2D eigenvalue weighted by atomic mass is 10.1. The number of benzene rings is 2. The van der Waals surface area contributed by atoms with Crippen LogP contribution in [0.3, 0.4) is 0 Å². The third kappa shape index (κ3) is 4.17. The summed E-state index contributed by atoms with van der Waals surface area (Å²) in [6.45, 7) is 0.676. The van der Waals surface area contributed by atoms with Gasteiger partial charge in [0, 0.05) is 11.6 Å². The molecule has 0 spiro atoms. The van der Waals surface area contributed by atoms with E-state index in [1.54, 1.807) is 12.1 Å². The largest absolute Gasteiger partial charge is 0.494 e. The molecule has 1 aromatic heterocycles. The standard InChI is InChI=1S/C20H19IO3/c21-11-5-2-6-12-23-16-9-10-19-17(13-16)18(22)14-20(24-19)15-7-3-1-4-8-15/h1,3-4,7-10,13-14H,2,5-6,11-12H2. The predicted octanol–water partition coefficient (Wildman–Crippen LogP) is 5.44. The Morgan fingerprint density at radius 2 is 1.79 bits per heavy atom. The van der Waals surface area contributed by atoms with E-state index in [9.17, 15) is 4.79 Å². The van der Waals surface area contributed by atoms with Crippen molar-refractivity contribution in [3.8, 4) is 17.1 Å². The molecule has 0 radical (unpaired) electrons. The fraction of sp³-hybridized carbons (Fsp3) is 0.250. The van der Waals surface area contributed by atoms with Gasteiger partial charge in [0.2, 0.25) is 0 Å². The normalized spacial score (nSPS) is 10.9. The summed E-state index contributed by atoms with van der Waals surface area (Å²) in [5.74, 6) is 1.30. The highest BCUT2D eigenvalue weighted by Crippen LogP contribution is 2.24. The molecular weight excluding hydrogens is 415 g/mol. The maximum atomic E-state index is 12.4. The maximum absolute atomic E-state index is 12.4. The fourth-order valence-electron chi connectivity index (χ4n) is 2.53. The number of alkyl halides is 1. The lowest BCUT2D eigenvalue weighted by Crippen LogP contribution is -2.02. The molecule has 4 heteroatoms. The first-order valence-corrected chi connectivity index (χ1v) is 9.62. The lowest BCUT2D eigenvalue weighted by molar-refractivity contribution is 0.307. The van der Waals surface area contributed by atoms with Crippen molar-refractivity contribution in [1.29, 1.82) is 0 Å². The van der Waals surface area contributed by atoms with Gasteiger partial charge >= 0.3 is 0 Å². The molecule has 0 aliphatic carbocycles. The molecular formula is C20H19IO3. The van der Waals surface area contributed by atoms with Crippen LogP contribution in [0.2, 0.25) is 0 Å². The first-order chi connectivity index (χ1) is 11.8. The smallest absolute Gasteiger partial charge is 0.193 e. The number of halogens is 1. The molecule has 0 bridgehead atoms. The Balaban J connectivity index is 1.81. The van der Waals surface area contributed by atoms with Crippen LogP contribution in [-0.2, 0) is 0 Å². The average molecular weight is 434 g/mol. The summed E-state index contributed by atoms with van der Waals surface area (Å²) >= 11 is 2.38. The van der Waals surface area contributed by atoms with E-state index >= 15 is 0 Å². The minimum atomic E-state index is -0.0505. The van der Waals surface area contributed by atoms with Gasteiger partial charge in [-0.05, 0) is 41.9 Å². The van der Waals surface area contributed by atoms with Crippen LogP contribution < -0.4 is 10.2 Å². The monoisotopic (exact) mass is 434 g/mol. The summed E-state index contributed by atoms with van der Waals surface area (Å²) in [6.07, 6.45) is 3.41. The number of rotatable bonds is 7. The van der Waals surface area contributed by atoms with Crippen molar-refractivity contribution in [2.24, 2.45) is 0 Å². The first-order valence-electron chi connectivity index (χ1n) is 8.10. The van der Waals surface area contributed by atoms with E-state index in [1.807, 2.05) is 42.5 Å². The zero-order chi connectivity index (χ0) is 16.8. The number of hydrogen-bond donors (Lipinski definition) is 0. The number of hydrogen-bond acceptors (Lipinski definition) is 3. The predicted molar refractivity (Wildman–Crippen MR) is 106 cm³/mol. The Hall–Kier alpha value is -1.82. The molecule has 0 saturated heterocycles. The van der Waals surface area contributed by atoms with Gasteiger partial charge in [-0.15, -0.1) is 0 Å². The molecule has 0 atom stereocenters. The molecule has 1 heterocycles. The van der Waals surface area contributed by atoms with Crippen molar-refractivity contribution in [1.82, 2.24) is 0 Å². The minimum Gasteiger partial charge on any atom is -0.494 e. The highest BCUT2D eigenvalue weighted by Gasteiger charge is 2.08. The molecule has 0 unspecified atom stereocenters. The molecule has 3 nitrogen and oxygen atoms in total. The van der Waals surface area contributed by atoms with Gasteiger partial charge in [-0.25, -0.2) is 0 Å². The van der Waals surface area contributed by atoms with Gasteiger partial charge in [-0.2, -0.15) is 0 Å². The molecule has 24 heavy (non-hydrogen) atoms. The van der Waals surface area contributed by atoms with Gasteiger partial charge < -0.3 is 9.15 Å². The van der Waals surface area contributed by atoms with Gasteiger partial charge in [0.05, 0.1) is 12.0 Å². The SMILES string of the molecule is O=c1cc(-c2ccccc2)oc2ccc(OCCCCCI)cc12. The van der Waals surface area contributed by atoms with Gasteiger partial charge in [0.25, 0.3) is 0 Å². The summed E-state index contributed by atoms with van der Waals surface area (Å²) in [5.41, 5.74) is 1.43. The third-order valence-corrected chi connectivity index (χ3v) is 4.57. The number of unbranched alkanes of at least 4 members (excludes halogenated alkanes) is 2. The van der Waals surface area contributed by atoms with Crippen LogP contribution in [0.5, 0.6) is 5.75 Å². The van der Waals surface area contributed by atoms with E-state index < -0.39 is 0 Å². The lowest BCUT2D eigenvalue weighted by Gasteiger charge is -2.07. The van der Waals surface area contributed by atoms with Crippen molar-refractivity contribution in [3.05, 3.63) is 64.8 Å². The summed E-state index contributed by atoms with van der Waals surface area (Å²) in [5, 5.41) is 0.555. The van der Waals surface area contributed by atoms with Crippen LogP contribution >= 0.6 is 22.6 Å². The van der Waals surface area contributed by atoms with E-state index in [0.29, 0.717) is 23.3 Å². The Bertz CT molecular complexity index is 856. The Labute approximate surface area is 154 Å². The Kier molecular flexibility index (Phi) is 5.91. The average Bonchev–Trinajstić information content (AvgIpc) is 2.62. The molecule has 3 aromatic rings. The van der Waals surface area contributed by atoms with E-state index in [-0.39, 0.29) is 5.43 Å². The highest BCUT2D eigenvalue weighted by atomic mass is 127. The molecule has 2 aromatic carbocycles. The van der Waals surface area contributed by atoms with Gasteiger partial charge in [0.1, 0.15) is 17.1 Å². The van der Waals surface area contributed by atoms with Gasteiger partial charge in [-0.1, -0.05) is 52.9 Å². The van der Waals surface area contributed by atoms with Crippen LogP contribution in [0.1, 0.15) is 19.3 Å². The van der Waals surface area contributed by atoms with E-state index in [0.717, 1.165) is 17.7 Å².